The molecule has 0 spiro atoms. The average Bonchev–Trinajstić information content (AvgIpc) is 2.79. The van der Waals surface area contributed by atoms with Gasteiger partial charge in [-0.15, -0.1) is 0 Å². The molecule has 0 saturated carbocycles. The first-order valence-electron chi connectivity index (χ1n) is 11.0. The maximum absolute atomic E-state index is 12.9. The van der Waals surface area contributed by atoms with E-state index in [0.717, 1.165) is 0 Å². The summed E-state index contributed by atoms with van der Waals surface area (Å²) < 4.78 is 0. The zero-order chi connectivity index (χ0) is 28.7. The molecule has 0 aliphatic heterocycles. The highest BCUT2D eigenvalue weighted by Gasteiger charge is 2.31. The lowest BCUT2D eigenvalue weighted by Gasteiger charge is -2.25. The first-order valence-corrected chi connectivity index (χ1v) is 11.0. The van der Waals surface area contributed by atoms with Gasteiger partial charge in [0.05, 0.1) is 6.04 Å². The van der Waals surface area contributed by atoms with Crippen LogP contribution < -0.4 is 33.2 Å². The highest BCUT2D eigenvalue weighted by molar-refractivity contribution is 5.94. The van der Waals surface area contributed by atoms with Crippen LogP contribution in [0.2, 0.25) is 0 Å². The van der Waals surface area contributed by atoms with E-state index >= 15 is 0 Å². The van der Waals surface area contributed by atoms with E-state index in [0.29, 0.717) is 0 Å². The van der Waals surface area contributed by atoms with E-state index in [4.69, 9.17) is 27.4 Å². The van der Waals surface area contributed by atoms with Crippen LogP contribution in [0.15, 0.2) is 0 Å². The third-order valence-corrected chi connectivity index (χ3v) is 4.89. The van der Waals surface area contributed by atoms with Gasteiger partial charge in [0, 0.05) is 25.7 Å². The molecule has 0 aliphatic carbocycles. The van der Waals surface area contributed by atoms with Crippen LogP contribution in [-0.4, -0.2) is 86.9 Å². The van der Waals surface area contributed by atoms with Gasteiger partial charge in [-0.2, -0.15) is 0 Å². The topological polar surface area (TPSA) is 311 Å². The molecule has 0 aromatic rings. The average molecular weight is 533 g/mol. The zero-order valence-electron chi connectivity index (χ0n) is 19.8. The predicted octanol–water partition coefficient (Wildman–Crippen LogP) is -3.89. The highest BCUT2D eigenvalue weighted by atomic mass is 16.4. The maximum atomic E-state index is 12.9. The van der Waals surface area contributed by atoms with Crippen molar-refractivity contribution in [3.05, 3.63) is 0 Å². The van der Waals surface area contributed by atoms with Gasteiger partial charge in [-0.3, -0.25) is 33.6 Å². The molecule has 0 aliphatic rings. The summed E-state index contributed by atoms with van der Waals surface area (Å²) in [4.78, 5) is 93.1. The van der Waals surface area contributed by atoms with Crippen LogP contribution in [0.4, 0.5) is 0 Å². The van der Waals surface area contributed by atoms with Gasteiger partial charge in [-0.25, -0.2) is 4.79 Å². The third kappa shape index (κ3) is 14.7. The first kappa shape index (κ1) is 32.7. The molecule has 4 unspecified atom stereocenters. The highest BCUT2D eigenvalue weighted by Crippen LogP contribution is 2.06. The van der Waals surface area contributed by atoms with Crippen LogP contribution >= 0.6 is 0 Å². The maximum Gasteiger partial charge on any atom is 0.326 e. The van der Waals surface area contributed by atoms with Crippen molar-refractivity contribution in [2.75, 3.05) is 0 Å². The van der Waals surface area contributed by atoms with Crippen LogP contribution in [-0.2, 0) is 38.4 Å². The van der Waals surface area contributed by atoms with E-state index in [1.165, 1.54) is 0 Å². The van der Waals surface area contributed by atoms with Gasteiger partial charge < -0.3 is 48.5 Å². The molecule has 208 valence electrons. The Balaban J connectivity index is 5.64. The summed E-state index contributed by atoms with van der Waals surface area (Å²) in [5, 5.41) is 33.4. The van der Waals surface area contributed by atoms with Crippen molar-refractivity contribution in [2.24, 2.45) is 17.2 Å². The first-order chi connectivity index (χ1) is 17.1. The lowest BCUT2D eigenvalue weighted by Crippen LogP contribution is -2.57. The fourth-order valence-corrected chi connectivity index (χ4v) is 2.87. The number of carboxylic acids is 3. The molecule has 0 heterocycles. The monoisotopic (exact) mass is 532 g/mol. The number of nitrogens with one attached hydrogen (secondary N) is 3. The molecule has 0 aromatic carbocycles. The van der Waals surface area contributed by atoms with Gasteiger partial charge in [0.25, 0.3) is 0 Å². The number of nitrogens with two attached hydrogens (primary N) is 3. The van der Waals surface area contributed by atoms with Crippen LogP contribution in [0.5, 0.6) is 0 Å². The molecule has 12 N–H and O–H groups in total. The minimum Gasteiger partial charge on any atom is -0.481 e. The number of hydrogen-bond acceptors (Lipinski definition) is 9. The summed E-state index contributed by atoms with van der Waals surface area (Å²) >= 11 is 0. The van der Waals surface area contributed by atoms with E-state index in [-0.39, 0.29) is 12.8 Å². The minimum absolute atomic E-state index is 0.162. The van der Waals surface area contributed by atoms with Crippen molar-refractivity contribution in [2.45, 2.75) is 75.5 Å². The number of rotatable bonds is 19. The van der Waals surface area contributed by atoms with Crippen molar-refractivity contribution in [1.29, 1.82) is 0 Å². The standard InChI is InChI=1S/C20H32N6O11/c21-9(1-5-13(22)27)17(33)24-11(3-7-15(29)30)18(34)25-10(2-6-14(23)28)19(35)26-12(20(36)37)4-8-16(31)32/h9-12H,1-8,21H2,(H2,22,27)(H2,23,28)(H,24,33)(H,25,34)(H,26,35)(H,29,30)(H,31,32)(H,36,37). The van der Waals surface area contributed by atoms with Crippen LogP contribution in [0.1, 0.15) is 51.4 Å². The van der Waals surface area contributed by atoms with Crippen LogP contribution in [0.3, 0.4) is 0 Å². The lowest BCUT2D eigenvalue weighted by molar-refractivity contribution is -0.143. The summed E-state index contributed by atoms with van der Waals surface area (Å²) in [7, 11) is 0. The normalized spacial score (nSPS) is 13.8. The Hall–Kier alpha value is -4.28. The fraction of sp³-hybridized carbons (Fsp3) is 0.600. The number of primary amides is 2. The van der Waals surface area contributed by atoms with E-state index in [9.17, 15) is 43.5 Å². The Morgan fingerprint density at radius 1 is 0.541 bits per heavy atom. The Morgan fingerprint density at radius 2 is 0.892 bits per heavy atom. The molecule has 37 heavy (non-hydrogen) atoms. The quantitative estimate of drug-likeness (QED) is 0.0771. The fourth-order valence-electron chi connectivity index (χ4n) is 2.87. The molecule has 0 fully saturated rings. The Morgan fingerprint density at radius 3 is 1.30 bits per heavy atom. The third-order valence-electron chi connectivity index (χ3n) is 4.89. The molecule has 0 saturated heterocycles. The van der Waals surface area contributed by atoms with Gasteiger partial charge in [-0.05, 0) is 25.7 Å². The Labute approximate surface area is 210 Å². The van der Waals surface area contributed by atoms with Gasteiger partial charge in [0.15, 0.2) is 0 Å². The number of carboxylic acid groups (broad SMARTS) is 3. The largest absolute Gasteiger partial charge is 0.481 e. The smallest absolute Gasteiger partial charge is 0.326 e. The number of hydrogen-bond donors (Lipinski definition) is 9. The number of aliphatic carboxylic acids is 3. The predicted molar refractivity (Wildman–Crippen MR) is 122 cm³/mol. The number of carbonyl (C=O) groups is 8. The summed E-state index contributed by atoms with van der Waals surface area (Å²) in [6.45, 7) is 0. The summed E-state index contributed by atoms with van der Waals surface area (Å²) in [6.07, 6.45) is -3.29. The molecule has 17 nitrogen and oxygen atoms in total. The van der Waals surface area contributed by atoms with E-state index < -0.39 is 110 Å². The number of carbonyl (C=O) groups excluding carboxylic acids is 5. The molecule has 17 heteroatoms. The second-order valence-corrected chi connectivity index (χ2v) is 8.00. The van der Waals surface area contributed by atoms with Gasteiger partial charge in [0.1, 0.15) is 18.1 Å². The number of amides is 5. The lowest BCUT2D eigenvalue weighted by atomic mass is 10.0. The SMILES string of the molecule is NC(=O)CCC(N)C(=O)NC(CCC(=O)O)C(=O)NC(CCC(N)=O)C(=O)NC(CCC(=O)O)C(=O)O. The molecular weight excluding hydrogens is 500 g/mol. The van der Waals surface area contributed by atoms with Crippen molar-refractivity contribution >= 4 is 47.4 Å². The molecule has 0 rings (SSSR count). The molecule has 0 bridgehead atoms. The molecule has 0 radical (unpaired) electrons. The van der Waals surface area contributed by atoms with Gasteiger partial charge in [-0.1, -0.05) is 0 Å². The molecule has 5 amide bonds. The van der Waals surface area contributed by atoms with Crippen molar-refractivity contribution in [3.8, 4) is 0 Å². The van der Waals surface area contributed by atoms with E-state index in [1.54, 1.807) is 0 Å². The summed E-state index contributed by atoms with van der Waals surface area (Å²) in [5.41, 5.74) is 15.7. The second-order valence-electron chi connectivity index (χ2n) is 8.00. The van der Waals surface area contributed by atoms with Crippen molar-refractivity contribution in [3.63, 3.8) is 0 Å². The second kappa shape index (κ2) is 16.4. The van der Waals surface area contributed by atoms with E-state index in [2.05, 4.69) is 16.0 Å². The minimum atomic E-state index is -1.64. The summed E-state index contributed by atoms with van der Waals surface area (Å²) in [5.74, 6) is -8.82. The Kier molecular flexibility index (Phi) is 14.5. The van der Waals surface area contributed by atoms with Crippen LogP contribution in [0, 0.1) is 0 Å². The van der Waals surface area contributed by atoms with E-state index in [1.807, 2.05) is 0 Å². The van der Waals surface area contributed by atoms with Crippen molar-refractivity contribution in [1.82, 2.24) is 16.0 Å². The summed E-state index contributed by atoms with van der Waals surface area (Å²) in [6, 6.07) is -5.98. The molecule has 4 atom stereocenters. The Bertz CT molecular complexity index is 894. The van der Waals surface area contributed by atoms with Gasteiger partial charge in [0.2, 0.25) is 29.5 Å². The van der Waals surface area contributed by atoms with Crippen molar-refractivity contribution < 1.29 is 53.7 Å². The molecule has 0 aromatic heterocycles. The van der Waals surface area contributed by atoms with Gasteiger partial charge >= 0.3 is 17.9 Å². The zero-order valence-corrected chi connectivity index (χ0v) is 19.8. The molecular formula is C20H32N6O11. The van der Waals surface area contributed by atoms with Crippen LogP contribution in [0.25, 0.3) is 0 Å².